The van der Waals surface area contributed by atoms with Crippen LogP contribution in [0.3, 0.4) is 0 Å². The number of halogens is 1. The second kappa shape index (κ2) is 8.69. The third-order valence-electron chi connectivity index (χ3n) is 5.56. The molecule has 0 saturated carbocycles. The summed E-state index contributed by atoms with van der Waals surface area (Å²) >= 11 is 0. The maximum atomic E-state index is 13.5. The van der Waals surface area contributed by atoms with Crippen molar-refractivity contribution >= 4 is 10.0 Å². The Hall–Kier alpha value is -2.90. The highest BCUT2D eigenvalue weighted by Gasteiger charge is 2.37. The molecular formula is C24H24FNO4S. The lowest BCUT2D eigenvalue weighted by Crippen LogP contribution is -2.41. The zero-order valence-electron chi connectivity index (χ0n) is 17.4. The van der Waals surface area contributed by atoms with Crippen molar-refractivity contribution in [3.8, 4) is 11.5 Å². The summed E-state index contributed by atoms with van der Waals surface area (Å²) in [5.74, 6) is 0.589. The third-order valence-corrected chi connectivity index (χ3v) is 7.37. The van der Waals surface area contributed by atoms with E-state index in [2.05, 4.69) is 0 Å². The van der Waals surface area contributed by atoms with E-state index >= 15 is 0 Å². The first-order valence-electron chi connectivity index (χ1n) is 9.96. The highest BCUT2D eigenvalue weighted by molar-refractivity contribution is 7.88. The molecule has 1 aliphatic heterocycles. The summed E-state index contributed by atoms with van der Waals surface area (Å²) in [5, 5.41) is 0. The summed E-state index contributed by atoms with van der Waals surface area (Å²) in [6.07, 6.45) is 0.557. The van der Waals surface area contributed by atoms with Crippen LogP contribution in [0.2, 0.25) is 0 Å². The molecule has 0 aromatic heterocycles. The minimum absolute atomic E-state index is 0.195. The van der Waals surface area contributed by atoms with Crippen LogP contribution in [0, 0.1) is 5.82 Å². The lowest BCUT2D eigenvalue weighted by molar-refractivity contribution is 0.331. The number of nitrogens with zero attached hydrogens (tertiary/aromatic N) is 1. The fourth-order valence-corrected chi connectivity index (χ4v) is 5.78. The zero-order valence-corrected chi connectivity index (χ0v) is 18.2. The predicted octanol–water partition coefficient (Wildman–Crippen LogP) is 4.32. The van der Waals surface area contributed by atoms with E-state index in [1.807, 2.05) is 42.5 Å². The molecule has 0 aliphatic carbocycles. The van der Waals surface area contributed by atoms with E-state index in [1.165, 1.54) is 24.3 Å². The van der Waals surface area contributed by atoms with Gasteiger partial charge in [-0.25, -0.2) is 12.8 Å². The van der Waals surface area contributed by atoms with Gasteiger partial charge in [0.05, 0.1) is 26.0 Å². The van der Waals surface area contributed by atoms with Crippen molar-refractivity contribution in [2.75, 3.05) is 20.8 Å². The van der Waals surface area contributed by atoms with Gasteiger partial charge in [-0.05, 0) is 52.9 Å². The van der Waals surface area contributed by atoms with Gasteiger partial charge in [-0.3, -0.25) is 0 Å². The normalized spacial score (nSPS) is 16.5. The van der Waals surface area contributed by atoms with E-state index in [9.17, 15) is 12.8 Å². The molecule has 0 amide bonds. The van der Waals surface area contributed by atoms with Gasteiger partial charge in [-0.1, -0.05) is 42.5 Å². The maximum absolute atomic E-state index is 13.5. The molecule has 5 nitrogen and oxygen atoms in total. The van der Waals surface area contributed by atoms with Gasteiger partial charge in [-0.15, -0.1) is 0 Å². The number of benzene rings is 3. The molecule has 4 rings (SSSR count). The van der Waals surface area contributed by atoms with Gasteiger partial charge in [0.15, 0.2) is 11.5 Å². The molecular weight excluding hydrogens is 417 g/mol. The summed E-state index contributed by atoms with van der Waals surface area (Å²) < 4.78 is 52.7. The molecule has 0 radical (unpaired) electrons. The second-order valence-corrected chi connectivity index (χ2v) is 9.38. The lowest BCUT2D eigenvalue weighted by atomic mass is 9.89. The molecule has 0 saturated heterocycles. The van der Waals surface area contributed by atoms with Crippen molar-refractivity contribution in [3.63, 3.8) is 0 Å². The standard InChI is InChI=1S/C24H24FNO4S/c1-29-22-14-19-12-13-26(31(27,28)16-17-8-10-20(25)11-9-17)24(18-6-4-3-5-7-18)21(19)15-23(22)30-2/h3-11,14-15,24H,12-13,16H2,1-2H3. The number of hydrogen-bond donors (Lipinski definition) is 0. The maximum Gasteiger partial charge on any atom is 0.219 e. The fraction of sp³-hybridized carbons (Fsp3) is 0.250. The Morgan fingerprint density at radius 3 is 2.26 bits per heavy atom. The lowest BCUT2D eigenvalue weighted by Gasteiger charge is -2.37. The molecule has 31 heavy (non-hydrogen) atoms. The minimum atomic E-state index is -3.69. The highest BCUT2D eigenvalue weighted by atomic mass is 32.2. The Morgan fingerprint density at radius 1 is 0.968 bits per heavy atom. The Labute approximate surface area is 182 Å². The third kappa shape index (κ3) is 4.29. The number of ether oxygens (including phenoxy) is 2. The van der Waals surface area contributed by atoms with Crippen LogP contribution in [0.25, 0.3) is 0 Å². The monoisotopic (exact) mass is 441 g/mol. The summed E-state index contributed by atoms with van der Waals surface area (Å²) in [4.78, 5) is 0. The summed E-state index contributed by atoms with van der Waals surface area (Å²) in [5.41, 5.74) is 3.32. The molecule has 7 heteroatoms. The van der Waals surface area contributed by atoms with E-state index in [4.69, 9.17) is 9.47 Å². The molecule has 1 atom stereocenters. The van der Waals surface area contributed by atoms with Gasteiger partial charge in [0, 0.05) is 6.54 Å². The topological polar surface area (TPSA) is 55.8 Å². The number of fused-ring (bicyclic) bond motifs is 1. The van der Waals surface area contributed by atoms with E-state index in [1.54, 1.807) is 18.5 Å². The van der Waals surface area contributed by atoms with Crippen molar-refractivity contribution < 1.29 is 22.3 Å². The van der Waals surface area contributed by atoms with Crippen LogP contribution >= 0.6 is 0 Å². The van der Waals surface area contributed by atoms with Crippen molar-refractivity contribution in [3.05, 3.63) is 94.8 Å². The first-order valence-corrected chi connectivity index (χ1v) is 11.6. The molecule has 0 N–H and O–H groups in total. The first kappa shape index (κ1) is 21.3. The Kier molecular flexibility index (Phi) is 5.98. The molecule has 1 heterocycles. The van der Waals surface area contributed by atoms with Crippen molar-refractivity contribution in [2.45, 2.75) is 18.2 Å². The Bertz CT molecular complexity index is 1160. The van der Waals surface area contributed by atoms with Gasteiger partial charge in [0.2, 0.25) is 10.0 Å². The number of sulfonamides is 1. The van der Waals surface area contributed by atoms with Crippen LogP contribution in [0.5, 0.6) is 11.5 Å². The van der Waals surface area contributed by atoms with Crippen LogP contribution < -0.4 is 9.47 Å². The SMILES string of the molecule is COc1cc2c(cc1OC)C(c1ccccc1)N(S(=O)(=O)Cc1ccc(F)cc1)CC2. The molecule has 0 spiro atoms. The van der Waals surface area contributed by atoms with Gasteiger partial charge >= 0.3 is 0 Å². The van der Waals surface area contributed by atoms with Gasteiger partial charge < -0.3 is 9.47 Å². The highest BCUT2D eigenvalue weighted by Crippen LogP contribution is 2.42. The van der Waals surface area contributed by atoms with E-state index in [0.717, 1.165) is 16.7 Å². The number of methoxy groups -OCH3 is 2. The Balaban J connectivity index is 1.80. The van der Waals surface area contributed by atoms with Gasteiger partial charge in [0.25, 0.3) is 0 Å². The largest absolute Gasteiger partial charge is 0.493 e. The van der Waals surface area contributed by atoms with E-state index < -0.39 is 21.9 Å². The predicted molar refractivity (Wildman–Crippen MR) is 117 cm³/mol. The quantitative estimate of drug-likeness (QED) is 0.572. The zero-order chi connectivity index (χ0) is 22.0. The van der Waals surface area contributed by atoms with Crippen molar-refractivity contribution in [1.82, 2.24) is 4.31 Å². The van der Waals surface area contributed by atoms with Crippen molar-refractivity contribution in [1.29, 1.82) is 0 Å². The first-order chi connectivity index (χ1) is 14.9. The smallest absolute Gasteiger partial charge is 0.219 e. The van der Waals surface area contributed by atoms with Crippen LogP contribution in [-0.2, 0) is 22.2 Å². The minimum Gasteiger partial charge on any atom is -0.493 e. The van der Waals surface area contributed by atoms with Gasteiger partial charge in [0.1, 0.15) is 5.82 Å². The Morgan fingerprint density at radius 2 is 1.61 bits per heavy atom. The second-order valence-electron chi connectivity index (χ2n) is 7.46. The van der Waals surface area contributed by atoms with Crippen LogP contribution in [0.1, 0.15) is 28.3 Å². The molecule has 3 aromatic rings. The molecule has 0 fully saturated rings. The van der Waals surface area contributed by atoms with Gasteiger partial charge in [-0.2, -0.15) is 4.31 Å². The molecule has 162 valence electrons. The average molecular weight is 442 g/mol. The van der Waals surface area contributed by atoms with Crippen molar-refractivity contribution in [2.24, 2.45) is 0 Å². The van der Waals surface area contributed by atoms with Crippen LogP contribution in [-0.4, -0.2) is 33.5 Å². The molecule has 0 bridgehead atoms. The average Bonchev–Trinajstić information content (AvgIpc) is 2.79. The number of hydrogen-bond acceptors (Lipinski definition) is 4. The molecule has 1 aliphatic rings. The summed E-state index contributed by atoms with van der Waals surface area (Å²) in [6, 6.07) is 18.4. The molecule has 1 unspecified atom stereocenters. The summed E-state index contributed by atoms with van der Waals surface area (Å²) in [6.45, 7) is 0.339. The molecule has 3 aromatic carbocycles. The van der Waals surface area contributed by atoms with Crippen LogP contribution in [0.4, 0.5) is 4.39 Å². The fourth-order valence-electron chi connectivity index (χ4n) is 4.08. The van der Waals surface area contributed by atoms with E-state index in [0.29, 0.717) is 30.0 Å². The number of rotatable bonds is 6. The summed E-state index contributed by atoms with van der Waals surface area (Å²) in [7, 11) is -0.538. The van der Waals surface area contributed by atoms with Crippen LogP contribution in [0.15, 0.2) is 66.7 Å². The van der Waals surface area contributed by atoms with E-state index in [-0.39, 0.29) is 5.75 Å².